The molecule has 13 rings (SSSR count). The third-order valence-corrected chi connectivity index (χ3v) is 13.3. The molecule has 0 aliphatic heterocycles. The molecule has 0 saturated carbocycles. The molecular weight excluding hydrogens is 751 g/mol. The molecule has 1 spiro atoms. The SMILES string of the molecule is c1ccc(-c2cccc(-c3cc(-c4ccccc4)cc(-c4cccc5oc6ccc(-c7ccc8c(c7)C7(c9ccccc9-c9ccccc97)c7ccccc7-8)cc6c45)n3)c2)cc1. The standard InChI is InChI=1S/C60H37NO/c1-3-15-38(16-4-1)40-19-13-20-43(33-40)55-36-44(39-17-5-2-6-18-39)37-56(61-55)49-24-14-28-58-59(49)50-34-41(30-32-57(50)62-58)42-29-31-48-47-23-9-12-27-53(47)60(54(48)35-42)51-25-10-7-21-45(51)46-22-8-11-26-52(46)60/h1-37H. The van der Waals surface area contributed by atoms with Crippen LogP contribution < -0.4 is 0 Å². The fraction of sp³-hybridized carbons (Fsp3) is 0.0167. The Balaban J connectivity index is 0.993. The van der Waals surface area contributed by atoms with Crippen molar-refractivity contribution in [2.24, 2.45) is 0 Å². The largest absolute Gasteiger partial charge is 0.456 e. The quantitative estimate of drug-likeness (QED) is 0.174. The average Bonchev–Trinajstić information content (AvgIpc) is 3.98. The van der Waals surface area contributed by atoms with E-state index in [1.54, 1.807) is 0 Å². The van der Waals surface area contributed by atoms with Crippen LogP contribution in [0.5, 0.6) is 0 Å². The second kappa shape index (κ2) is 13.5. The zero-order valence-corrected chi connectivity index (χ0v) is 33.7. The summed E-state index contributed by atoms with van der Waals surface area (Å²) in [7, 11) is 0. The van der Waals surface area contributed by atoms with E-state index in [1.165, 1.54) is 55.6 Å². The molecule has 2 heteroatoms. The molecule has 2 heterocycles. The molecule has 0 radical (unpaired) electrons. The van der Waals surface area contributed by atoms with Crippen molar-refractivity contribution in [2.75, 3.05) is 0 Å². The minimum Gasteiger partial charge on any atom is -0.456 e. The summed E-state index contributed by atoms with van der Waals surface area (Å²) in [4.78, 5) is 5.45. The van der Waals surface area contributed by atoms with Gasteiger partial charge in [-0.1, -0.05) is 182 Å². The fourth-order valence-electron chi connectivity index (χ4n) is 10.6. The first-order valence-corrected chi connectivity index (χ1v) is 21.4. The molecule has 9 aromatic carbocycles. The lowest BCUT2D eigenvalue weighted by Gasteiger charge is -2.30. The van der Waals surface area contributed by atoms with Gasteiger partial charge in [-0.05, 0) is 120 Å². The van der Waals surface area contributed by atoms with Crippen molar-refractivity contribution in [1.82, 2.24) is 4.98 Å². The summed E-state index contributed by atoms with van der Waals surface area (Å²) in [6.07, 6.45) is 0. The van der Waals surface area contributed by atoms with Crippen molar-refractivity contribution in [1.29, 1.82) is 0 Å². The summed E-state index contributed by atoms with van der Waals surface area (Å²) in [5.74, 6) is 0. The summed E-state index contributed by atoms with van der Waals surface area (Å²) in [6, 6.07) is 81.4. The van der Waals surface area contributed by atoms with Gasteiger partial charge in [-0.15, -0.1) is 0 Å². The second-order valence-corrected chi connectivity index (χ2v) is 16.6. The minimum atomic E-state index is -0.400. The molecule has 0 amide bonds. The first-order valence-electron chi connectivity index (χ1n) is 21.4. The van der Waals surface area contributed by atoms with Gasteiger partial charge in [0.1, 0.15) is 11.2 Å². The number of benzene rings is 9. The molecule has 0 atom stereocenters. The first kappa shape index (κ1) is 34.8. The molecule has 2 nitrogen and oxygen atoms in total. The van der Waals surface area contributed by atoms with E-state index in [2.05, 4.69) is 224 Å². The normalized spacial score (nSPS) is 13.0. The van der Waals surface area contributed by atoms with Gasteiger partial charge < -0.3 is 4.42 Å². The number of hydrogen-bond donors (Lipinski definition) is 0. The van der Waals surface area contributed by atoms with Crippen LogP contribution in [-0.4, -0.2) is 4.98 Å². The van der Waals surface area contributed by atoms with Crippen LogP contribution in [0.1, 0.15) is 22.3 Å². The Morgan fingerprint density at radius 3 is 1.48 bits per heavy atom. The molecule has 0 unspecified atom stereocenters. The monoisotopic (exact) mass is 787 g/mol. The lowest BCUT2D eigenvalue weighted by molar-refractivity contribution is 0.669. The topological polar surface area (TPSA) is 26.0 Å². The maximum atomic E-state index is 6.64. The number of rotatable bonds is 5. The maximum absolute atomic E-state index is 6.64. The van der Waals surface area contributed by atoms with Gasteiger partial charge in [0.2, 0.25) is 0 Å². The average molecular weight is 788 g/mol. The highest BCUT2D eigenvalue weighted by atomic mass is 16.3. The Hall–Kier alpha value is -8.07. The maximum Gasteiger partial charge on any atom is 0.136 e. The van der Waals surface area contributed by atoms with E-state index in [4.69, 9.17) is 9.40 Å². The summed E-state index contributed by atoms with van der Waals surface area (Å²) in [5.41, 5.74) is 22.8. The molecule has 2 aliphatic carbocycles. The highest BCUT2D eigenvalue weighted by Crippen LogP contribution is 2.63. The van der Waals surface area contributed by atoms with Crippen LogP contribution in [0, 0.1) is 0 Å². The number of fused-ring (bicyclic) bond motifs is 13. The van der Waals surface area contributed by atoms with Crippen molar-refractivity contribution in [2.45, 2.75) is 5.41 Å². The molecule has 0 fully saturated rings. The Morgan fingerprint density at radius 1 is 0.290 bits per heavy atom. The molecule has 62 heavy (non-hydrogen) atoms. The Morgan fingerprint density at radius 2 is 0.790 bits per heavy atom. The van der Waals surface area contributed by atoms with Crippen molar-refractivity contribution in [3.05, 3.63) is 247 Å². The molecule has 11 aromatic rings. The van der Waals surface area contributed by atoms with Gasteiger partial charge in [0.05, 0.1) is 16.8 Å². The van der Waals surface area contributed by atoms with Crippen LogP contribution in [0.4, 0.5) is 0 Å². The molecule has 288 valence electrons. The predicted octanol–water partition coefficient (Wildman–Crippen LogP) is 15.7. The van der Waals surface area contributed by atoms with Gasteiger partial charge in [0, 0.05) is 21.9 Å². The van der Waals surface area contributed by atoms with Gasteiger partial charge in [0.25, 0.3) is 0 Å². The summed E-state index contributed by atoms with van der Waals surface area (Å²) in [6.45, 7) is 0. The van der Waals surface area contributed by atoms with Crippen molar-refractivity contribution < 1.29 is 4.42 Å². The molecule has 0 saturated heterocycles. The fourth-order valence-corrected chi connectivity index (χ4v) is 10.6. The van der Waals surface area contributed by atoms with Gasteiger partial charge in [0.15, 0.2) is 0 Å². The number of hydrogen-bond acceptors (Lipinski definition) is 2. The second-order valence-electron chi connectivity index (χ2n) is 16.6. The third kappa shape index (κ3) is 5.07. The highest BCUT2D eigenvalue weighted by molar-refractivity contribution is 6.13. The first-order chi connectivity index (χ1) is 30.7. The van der Waals surface area contributed by atoms with E-state index in [0.29, 0.717) is 0 Å². The number of furan rings is 1. The van der Waals surface area contributed by atoms with Crippen LogP contribution in [0.25, 0.3) is 100 Å². The van der Waals surface area contributed by atoms with Crippen molar-refractivity contribution >= 4 is 21.9 Å². The van der Waals surface area contributed by atoms with E-state index < -0.39 is 5.41 Å². The predicted molar refractivity (Wildman–Crippen MR) is 255 cm³/mol. The van der Waals surface area contributed by atoms with Crippen LogP contribution in [0.2, 0.25) is 0 Å². The molecule has 0 N–H and O–H groups in total. The van der Waals surface area contributed by atoms with Crippen LogP contribution in [0.15, 0.2) is 229 Å². The van der Waals surface area contributed by atoms with Crippen LogP contribution >= 0.6 is 0 Å². The number of pyridine rings is 1. The molecule has 2 aliphatic rings. The molecule has 2 aromatic heterocycles. The van der Waals surface area contributed by atoms with E-state index in [-0.39, 0.29) is 0 Å². The number of aromatic nitrogens is 1. The van der Waals surface area contributed by atoms with E-state index in [1.807, 2.05) is 0 Å². The Labute approximate surface area is 360 Å². The lowest BCUT2D eigenvalue weighted by atomic mass is 9.70. The minimum absolute atomic E-state index is 0.400. The molecular formula is C60H37NO. The summed E-state index contributed by atoms with van der Waals surface area (Å²) in [5, 5.41) is 2.14. The summed E-state index contributed by atoms with van der Waals surface area (Å²) >= 11 is 0. The number of nitrogens with zero attached hydrogens (tertiary/aromatic N) is 1. The van der Waals surface area contributed by atoms with Gasteiger partial charge in [-0.25, -0.2) is 4.98 Å². The Kier molecular flexibility index (Phi) is 7.55. The smallest absolute Gasteiger partial charge is 0.136 e. The highest BCUT2D eigenvalue weighted by Gasteiger charge is 2.51. The molecule has 0 bridgehead atoms. The van der Waals surface area contributed by atoms with Gasteiger partial charge in [-0.2, -0.15) is 0 Å². The summed E-state index contributed by atoms with van der Waals surface area (Å²) < 4.78 is 6.64. The zero-order chi connectivity index (χ0) is 40.8. The van der Waals surface area contributed by atoms with Gasteiger partial charge in [-0.3, -0.25) is 0 Å². The third-order valence-electron chi connectivity index (χ3n) is 13.3. The van der Waals surface area contributed by atoms with E-state index in [0.717, 1.165) is 66.7 Å². The van der Waals surface area contributed by atoms with E-state index in [9.17, 15) is 0 Å². The Bertz CT molecular complexity index is 3520. The van der Waals surface area contributed by atoms with E-state index >= 15 is 0 Å². The van der Waals surface area contributed by atoms with Crippen LogP contribution in [0.3, 0.4) is 0 Å². The van der Waals surface area contributed by atoms with Crippen molar-refractivity contribution in [3.8, 4) is 78.1 Å². The lowest BCUT2D eigenvalue weighted by Crippen LogP contribution is -2.25. The van der Waals surface area contributed by atoms with Gasteiger partial charge >= 0.3 is 0 Å². The van der Waals surface area contributed by atoms with Crippen LogP contribution in [-0.2, 0) is 5.41 Å². The zero-order valence-electron chi connectivity index (χ0n) is 33.7. The van der Waals surface area contributed by atoms with Crippen molar-refractivity contribution in [3.63, 3.8) is 0 Å².